The fourth-order valence-electron chi connectivity index (χ4n) is 1.35. The van der Waals surface area contributed by atoms with Crippen molar-refractivity contribution in [1.29, 1.82) is 0 Å². The number of aliphatic hydroxyl groups is 1. The highest BCUT2D eigenvalue weighted by Gasteiger charge is 2.11. The Hall–Kier alpha value is -0.970. The quantitative estimate of drug-likeness (QED) is 0.894. The van der Waals surface area contributed by atoms with E-state index in [9.17, 15) is 4.39 Å². The Balaban J connectivity index is 2.50. The van der Waals surface area contributed by atoms with E-state index in [1.807, 2.05) is 6.92 Å². The molecule has 0 saturated heterocycles. The highest BCUT2D eigenvalue weighted by molar-refractivity contribution is 7.15. The number of hydrogen-bond donors (Lipinski definition) is 1. The molecule has 0 amide bonds. The summed E-state index contributed by atoms with van der Waals surface area (Å²) in [6.45, 7) is 1.78. The van der Waals surface area contributed by atoms with Gasteiger partial charge in [-0.25, -0.2) is 9.37 Å². The second kappa shape index (κ2) is 4.49. The van der Waals surface area contributed by atoms with Crippen LogP contribution in [0, 0.1) is 12.7 Å². The van der Waals surface area contributed by atoms with Crippen molar-refractivity contribution in [2.45, 2.75) is 13.5 Å². The minimum Gasteiger partial charge on any atom is -0.390 e. The van der Waals surface area contributed by atoms with Gasteiger partial charge in [0.2, 0.25) is 0 Å². The van der Waals surface area contributed by atoms with E-state index in [1.165, 1.54) is 23.5 Å². The van der Waals surface area contributed by atoms with Gasteiger partial charge in [-0.05, 0) is 25.1 Å². The molecule has 0 atom stereocenters. The molecule has 0 spiro atoms. The maximum absolute atomic E-state index is 12.9. The summed E-state index contributed by atoms with van der Waals surface area (Å²) in [6, 6.07) is 4.19. The number of hydrogen-bond acceptors (Lipinski definition) is 3. The zero-order valence-corrected chi connectivity index (χ0v) is 10.1. The molecule has 5 heteroatoms. The lowest BCUT2D eigenvalue weighted by molar-refractivity contribution is 0.277. The molecule has 0 bridgehead atoms. The van der Waals surface area contributed by atoms with Crippen LogP contribution >= 0.6 is 22.9 Å². The van der Waals surface area contributed by atoms with E-state index >= 15 is 0 Å². The first-order chi connectivity index (χ1) is 7.61. The van der Waals surface area contributed by atoms with Gasteiger partial charge in [-0.2, -0.15) is 0 Å². The molecular weight excluding hydrogens is 249 g/mol. The monoisotopic (exact) mass is 257 g/mol. The van der Waals surface area contributed by atoms with Crippen molar-refractivity contribution in [3.05, 3.63) is 39.6 Å². The third-order valence-corrected chi connectivity index (χ3v) is 3.56. The first-order valence-corrected chi connectivity index (χ1v) is 5.84. The molecule has 1 heterocycles. The molecular formula is C11H9ClFNOS. The molecule has 84 valence electrons. The van der Waals surface area contributed by atoms with Crippen LogP contribution in [0.5, 0.6) is 0 Å². The second-order valence-corrected chi connectivity index (χ2v) is 4.91. The molecule has 0 aliphatic heterocycles. The van der Waals surface area contributed by atoms with Crippen LogP contribution in [0.15, 0.2) is 18.2 Å². The van der Waals surface area contributed by atoms with Gasteiger partial charge < -0.3 is 5.11 Å². The largest absolute Gasteiger partial charge is 0.390 e. The van der Waals surface area contributed by atoms with Crippen LogP contribution in [0.3, 0.4) is 0 Å². The normalized spacial score (nSPS) is 10.8. The van der Waals surface area contributed by atoms with E-state index < -0.39 is 0 Å². The second-order valence-electron chi connectivity index (χ2n) is 3.30. The summed E-state index contributed by atoms with van der Waals surface area (Å²) in [5, 5.41) is 10.1. The summed E-state index contributed by atoms with van der Waals surface area (Å²) in [4.78, 5) is 5.19. The minimum absolute atomic E-state index is 0.0961. The molecule has 0 aliphatic rings. The van der Waals surface area contributed by atoms with E-state index in [2.05, 4.69) is 4.98 Å². The number of benzene rings is 1. The van der Waals surface area contributed by atoms with E-state index in [0.29, 0.717) is 21.3 Å². The molecule has 0 saturated carbocycles. The average Bonchev–Trinajstić information content (AvgIpc) is 2.59. The molecule has 2 aromatic rings. The SMILES string of the molecule is Cc1sc(-c2ccc(F)cc2Cl)nc1CO. The number of aliphatic hydroxyl groups excluding tert-OH is 1. The van der Waals surface area contributed by atoms with Crippen LogP contribution in [0.1, 0.15) is 10.6 Å². The molecule has 1 N–H and O–H groups in total. The van der Waals surface area contributed by atoms with Gasteiger partial charge in [0.25, 0.3) is 0 Å². The lowest BCUT2D eigenvalue weighted by atomic mass is 10.2. The van der Waals surface area contributed by atoms with Gasteiger partial charge in [0.1, 0.15) is 10.8 Å². The lowest BCUT2D eigenvalue weighted by Gasteiger charge is -1.99. The van der Waals surface area contributed by atoms with Crippen molar-refractivity contribution < 1.29 is 9.50 Å². The van der Waals surface area contributed by atoms with E-state index in [-0.39, 0.29) is 12.4 Å². The van der Waals surface area contributed by atoms with Crippen molar-refractivity contribution in [2.75, 3.05) is 0 Å². The highest BCUT2D eigenvalue weighted by Crippen LogP contribution is 2.33. The van der Waals surface area contributed by atoms with Gasteiger partial charge in [0.05, 0.1) is 17.3 Å². The molecule has 1 aromatic heterocycles. The van der Waals surface area contributed by atoms with Gasteiger partial charge in [-0.1, -0.05) is 11.6 Å². The van der Waals surface area contributed by atoms with Gasteiger partial charge in [-0.15, -0.1) is 11.3 Å². The maximum atomic E-state index is 12.9. The summed E-state index contributed by atoms with van der Waals surface area (Å²) >= 11 is 7.37. The molecule has 2 nitrogen and oxygen atoms in total. The minimum atomic E-state index is -0.371. The summed E-state index contributed by atoms with van der Waals surface area (Å²) < 4.78 is 12.9. The number of aryl methyl sites for hydroxylation is 1. The highest BCUT2D eigenvalue weighted by atomic mass is 35.5. The molecule has 0 fully saturated rings. The Kier molecular flexibility index (Phi) is 3.23. The van der Waals surface area contributed by atoms with E-state index in [0.717, 1.165) is 4.88 Å². The summed E-state index contributed by atoms with van der Waals surface area (Å²) in [5.74, 6) is -0.371. The molecule has 0 aliphatic carbocycles. The van der Waals surface area contributed by atoms with Crippen LogP contribution in [-0.4, -0.2) is 10.1 Å². The van der Waals surface area contributed by atoms with Gasteiger partial charge >= 0.3 is 0 Å². The molecule has 0 radical (unpaired) electrons. The number of halogens is 2. The van der Waals surface area contributed by atoms with Crippen molar-refractivity contribution in [3.63, 3.8) is 0 Å². The Morgan fingerprint density at radius 1 is 1.50 bits per heavy atom. The van der Waals surface area contributed by atoms with Gasteiger partial charge in [0, 0.05) is 10.4 Å². The van der Waals surface area contributed by atoms with Crippen LogP contribution < -0.4 is 0 Å². The lowest BCUT2D eigenvalue weighted by Crippen LogP contribution is -1.86. The van der Waals surface area contributed by atoms with Crippen molar-refractivity contribution >= 4 is 22.9 Å². The van der Waals surface area contributed by atoms with E-state index in [4.69, 9.17) is 16.7 Å². The Morgan fingerprint density at radius 3 is 2.81 bits per heavy atom. The fraction of sp³-hybridized carbons (Fsp3) is 0.182. The van der Waals surface area contributed by atoms with Crippen molar-refractivity contribution in [2.24, 2.45) is 0 Å². The summed E-state index contributed by atoms with van der Waals surface area (Å²) in [6.07, 6.45) is 0. The van der Waals surface area contributed by atoms with Gasteiger partial charge in [-0.3, -0.25) is 0 Å². The zero-order valence-electron chi connectivity index (χ0n) is 8.50. The average molecular weight is 258 g/mol. The zero-order chi connectivity index (χ0) is 11.7. The summed E-state index contributed by atoms with van der Waals surface area (Å²) in [5.41, 5.74) is 1.33. The third kappa shape index (κ3) is 2.09. The Morgan fingerprint density at radius 2 is 2.25 bits per heavy atom. The third-order valence-electron chi connectivity index (χ3n) is 2.20. The standard InChI is InChI=1S/C11H9ClFNOS/c1-6-10(5-15)14-11(16-6)8-3-2-7(13)4-9(8)12/h2-4,15H,5H2,1H3. The molecule has 1 aromatic carbocycles. The molecule has 2 rings (SSSR count). The first kappa shape index (κ1) is 11.5. The molecule has 0 unspecified atom stereocenters. The number of thiazole rings is 1. The Bertz CT molecular complexity index is 527. The van der Waals surface area contributed by atoms with Crippen molar-refractivity contribution in [3.8, 4) is 10.6 Å². The van der Waals surface area contributed by atoms with Crippen LogP contribution in [0.25, 0.3) is 10.6 Å². The van der Waals surface area contributed by atoms with E-state index in [1.54, 1.807) is 6.07 Å². The van der Waals surface area contributed by atoms with Gasteiger partial charge in [0.15, 0.2) is 0 Å². The van der Waals surface area contributed by atoms with Crippen LogP contribution in [0.4, 0.5) is 4.39 Å². The first-order valence-electron chi connectivity index (χ1n) is 4.64. The predicted molar refractivity (Wildman–Crippen MR) is 63.2 cm³/mol. The topological polar surface area (TPSA) is 33.1 Å². The number of aromatic nitrogens is 1. The predicted octanol–water partition coefficient (Wildman–Crippen LogP) is 3.40. The summed E-state index contributed by atoms with van der Waals surface area (Å²) in [7, 11) is 0. The maximum Gasteiger partial charge on any atom is 0.125 e. The van der Waals surface area contributed by atoms with Crippen LogP contribution in [-0.2, 0) is 6.61 Å². The number of rotatable bonds is 2. The molecule has 16 heavy (non-hydrogen) atoms. The van der Waals surface area contributed by atoms with Crippen molar-refractivity contribution in [1.82, 2.24) is 4.98 Å². The fourth-order valence-corrected chi connectivity index (χ4v) is 2.63. The van der Waals surface area contributed by atoms with Crippen LogP contribution in [0.2, 0.25) is 5.02 Å². The number of nitrogens with zero attached hydrogens (tertiary/aromatic N) is 1. The Labute approximate surface area is 101 Å². The smallest absolute Gasteiger partial charge is 0.125 e.